The van der Waals surface area contributed by atoms with Gasteiger partial charge in [0.15, 0.2) is 0 Å². The number of amides is 1. The van der Waals surface area contributed by atoms with Crippen LogP contribution in [-0.4, -0.2) is 55.0 Å². The van der Waals surface area contributed by atoms with E-state index in [-0.39, 0.29) is 12.0 Å². The number of hydrogen-bond acceptors (Lipinski definition) is 3. The van der Waals surface area contributed by atoms with Crippen molar-refractivity contribution in [3.05, 3.63) is 0 Å². The Bertz CT molecular complexity index is 356. The Labute approximate surface area is 130 Å². The number of nitrogens with two attached hydrogens (primary N) is 1. The quantitative estimate of drug-likeness (QED) is 0.847. The summed E-state index contributed by atoms with van der Waals surface area (Å²) in [6.45, 7) is 10.3. The molecule has 1 heterocycles. The van der Waals surface area contributed by atoms with Crippen molar-refractivity contribution in [2.45, 2.75) is 52.5 Å². The number of carbonyl (C=O) groups is 1. The summed E-state index contributed by atoms with van der Waals surface area (Å²) in [6.07, 6.45) is 4.51. The van der Waals surface area contributed by atoms with E-state index in [1.54, 1.807) is 0 Å². The molecule has 1 atom stereocenters. The van der Waals surface area contributed by atoms with E-state index in [2.05, 4.69) is 37.6 Å². The molecule has 1 unspecified atom stereocenters. The maximum Gasteiger partial charge on any atom is 0.226 e. The van der Waals surface area contributed by atoms with E-state index in [4.69, 9.17) is 5.73 Å². The zero-order valence-corrected chi connectivity index (χ0v) is 14.3. The molecule has 0 aromatic rings. The molecule has 0 aromatic carbocycles. The van der Waals surface area contributed by atoms with Crippen molar-refractivity contribution < 1.29 is 4.79 Å². The van der Waals surface area contributed by atoms with Gasteiger partial charge in [-0.05, 0) is 44.1 Å². The fourth-order valence-electron chi connectivity index (χ4n) is 3.94. The number of rotatable bonds is 2. The van der Waals surface area contributed by atoms with Crippen LogP contribution >= 0.6 is 0 Å². The highest BCUT2D eigenvalue weighted by atomic mass is 16.2. The van der Waals surface area contributed by atoms with Gasteiger partial charge in [-0.1, -0.05) is 20.8 Å². The topological polar surface area (TPSA) is 49.6 Å². The average Bonchev–Trinajstić information content (AvgIpc) is 2.45. The average molecular weight is 295 g/mol. The van der Waals surface area contributed by atoms with Crippen molar-refractivity contribution >= 4 is 5.91 Å². The molecule has 122 valence electrons. The van der Waals surface area contributed by atoms with Gasteiger partial charge in [0, 0.05) is 32.1 Å². The molecule has 1 amide bonds. The van der Waals surface area contributed by atoms with Gasteiger partial charge >= 0.3 is 0 Å². The molecule has 4 nitrogen and oxygen atoms in total. The van der Waals surface area contributed by atoms with Gasteiger partial charge in [0.1, 0.15) is 0 Å². The standard InChI is InChI=1S/C17H33N3O/c1-17(2,3)14-7-5-13(6-8-14)16(21)20-10-9-19(4)12-15(20)11-18/h13-15H,5-12,18H2,1-4H3. The van der Waals surface area contributed by atoms with E-state index in [9.17, 15) is 4.79 Å². The molecule has 0 spiro atoms. The summed E-state index contributed by atoms with van der Waals surface area (Å²) in [5, 5.41) is 0. The van der Waals surface area contributed by atoms with Gasteiger partial charge in [0.2, 0.25) is 5.91 Å². The van der Waals surface area contributed by atoms with Gasteiger partial charge in [-0.25, -0.2) is 0 Å². The highest BCUT2D eigenvalue weighted by molar-refractivity contribution is 5.79. The Morgan fingerprint density at radius 1 is 1.14 bits per heavy atom. The second kappa shape index (κ2) is 6.66. The molecular weight excluding hydrogens is 262 g/mol. The van der Waals surface area contributed by atoms with Gasteiger partial charge in [-0.3, -0.25) is 4.79 Å². The first-order valence-electron chi connectivity index (χ1n) is 8.52. The van der Waals surface area contributed by atoms with Crippen molar-refractivity contribution in [3.8, 4) is 0 Å². The lowest BCUT2D eigenvalue weighted by molar-refractivity contribution is -0.141. The molecule has 1 aliphatic heterocycles. The lowest BCUT2D eigenvalue weighted by atomic mass is 9.69. The first-order valence-corrected chi connectivity index (χ1v) is 8.52. The molecular formula is C17H33N3O. The Hall–Kier alpha value is -0.610. The Kier molecular flexibility index (Phi) is 5.31. The molecule has 21 heavy (non-hydrogen) atoms. The molecule has 0 radical (unpaired) electrons. The minimum absolute atomic E-state index is 0.205. The molecule has 2 N–H and O–H groups in total. The number of carbonyl (C=O) groups excluding carboxylic acids is 1. The maximum atomic E-state index is 12.8. The van der Waals surface area contributed by atoms with Crippen LogP contribution in [0.2, 0.25) is 0 Å². The van der Waals surface area contributed by atoms with Crippen LogP contribution in [0.1, 0.15) is 46.5 Å². The Morgan fingerprint density at radius 3 is 2.29 bits per heavy atom. The SMILES string of the molecule is CN1CCN(C(=O)C2CCC(C(C)(C)C)CC2)C(CN)C1. The fraction of sp³-hybridized carbons (Fsp3) is 0.941. The van der Waals surface area contributed by atoms with Crippen LogP contribution in [0, 0.1) is 17.3 Å². The molecule has 4 heteroatoms. The molecule has 0 aromatic heterocycles. The van der Waals surface area contributed by atoms with Crippen LogP contribution in [0.25, 0.3) is 0 Å². The molecule has 2 aliphatic rings. The van der Waals surface area contributed by atoms with Crippen molar-refractivity contribution in [1.82, 2.24) is 9.80 Å². The molecule has 0 bridgehead atoms. The monoisotopic (exact) mass is 295 g/mol. The minimum atomic E-state index is 0.205. The van der Waals surface area contributed by atoms with Crippen LogP contribution in [0.5, 0.6) is 0 Å². The largest absolute Gasteiger partial charge is 0.336 e. The van der Waals surface area contributed by atoms with Crippen LogP contribution in [0.3, 0.4) is 0 Å². The van der Waals surface area contributed by atoms with Gasteiger partial charge in [0.05, 0.1) is 6.04 Å². The Balaban J connectivity index is 1.92. The third-order valence-electron chi connectivity index (χ3n) is 5.54. The summed E-state index contributed by atoms with van der Waals surface area (Å²) in [5.74, 6) is 1.37. The fourth-order valence-corrected chi connectivity index (χ4v) is 3.94. The lowest BCUT2D eigenvalue weighted by Crippen LogP contribution is -2.58. The summed E-state index contributed by atoms with van der Waals surface area (Å²) in [4.78, 5) is 17.2. The van der Waals surface area contributed by atoms with Crippen molar-refractivity contribution in [2.75, 3.05) is 33.2 Å². The number of nitrogens with zero attached hydrogens (tertiary/aromatic N) is 2. The normalized spacial score (nSPS) is 32.2. The van der Waals surface area contributed by atoms with Crippen molar-refractivity contribution in [3.63, 3.8) is 0 Å². The molecule has 1 aliphatic carbocycles. The zero-order chi connectivity index (χ0) is 15.6. The van der Waals surface area contributed by atoms with Gasteiger partial charge in [-0.2, -0.15) is 0 Å². The first kappa shape index (κ1) is 16.8. The number of piperazine rings is 1. The summed E-state index contributed by atoms with van der Waals surface area (Å²) < 4.78 is 0. The number of likely N-dealkylation sites (N-methyl/N-ethyl adjacent to an activating group) is 1. The van der Waals surface area contributed by atoms with Crippen LogP contribution < -0.4 is 5.73 Å². The molecule has 2 rings (SSSR count). The maximum absolute atomic E-state index is 12.8. The highest BCUT2D eigenvalue weighted by Crippen LogP contribution is 2.40. The summed E-state index contributed by atoms with van der Waals surface area (Å²) >= 11 is 0. The second-order valence-corrected chi connectivity index (χ2v) is 8.10. The van der Waals surface area contributed by atoms with Gasteiger partial charge in [-0.15, -0.1) is 0 Å². The third-order valence-corrected chi connectivity index (χ3v) is 5.54. The predicted octanol–water partition coefficient (Wildman–Crippen LogP) is 1.94. The van der Waals surface area contributed by atoms with E-state index in [1.165, 1.54) is 12.8 Å². The predicted molar refractivity (Wildman–Crippen MR) is 87.0 cm³/mol. The van der Waals surface area contributed by atoms with Gasteiger partial charge < -0.3 is 15.5 Å². The zero-order valence-electron chi connectivity index (χ0n) is 14.3. The molecule has 1 saturated carbocycles. The highest BCUT2D eigenvalue weighted by Gasteiger charge is 2.36. The van der Waals surface area contributed by atoms with Crippen LogP contribution in [-0.2, 0) is 4.79 Å². The van der Waals surface area contributed by atoms with E-state index >= 15 is 0 Å². The summed E-state index contributed by atoms with van der Waals surface area (Å²) in [5.41, 5.74) is 6.26. The lowest BCUT2D eigenvalue weighted by Gasteiger charge is -2.43. The van der Waals surface area contributed by atoms with Crippen LogP contribution in [0.4, 0.5) is 0 Å². The van der Waals surface area contributed by atoms with E-state index in [1.807, 2.05) is 0 Å². The second-order valence-electron chi connectivity index (χ2n) is 8.10. The van der Waals surface area contributed by atoms with Gasteiger partial charge in [0.25, 0.3) is 0 Å². The van der Waals surface area contributed by atoms with E-state index < -0.39 is 0 Å². The van der Waals surface area contributed by atoms with Crippen molar-refractivity contribution in [2.24, 2.45) is 23.0 Å². The Morgan fingerprint density at radius 2 is 1.76 bits per heavy atom. The first-order chi connectivity index (χ1) is 9.82. The third kappa shape index (κ3) is 3.98. The summed E-state index contributed by atoms with van der Waals surface area (Å²) in [6, 6.07) is 0.205. The number of hydrogen-bond donors (Lipinski definition) is 1. The van der Waals surface area contributed by atoms with E-state index in [0.717, 1.165) is 38.4 Å². The molecule has 2 fully saturated rings. The molecule has 1 saturated heterocycles. The van der Waals surface area contributed by atoms with E-state index in [0.29, 0.717) is 17.9 Å². The van der Waals surface area contributed by atoms with Crippen molar-refractivity contribution in [1.29, 1.82) is 0 Å². The smallest absolute Gasteiger partial charge is 0.226 e. The minimum Gasteiger partial charge on any atom is -0.336 e. The summed E-state index contributed by atoms with van der Waals surface area (Å²) in [7, 11) is 2.11. The van der Waals surface area contributed by atoms with Crippen LogP contribution in [0.15, 0.2) is 0 Å².